The van der Waals surface area contributed by atoms with E-state index in [-0.39, 0.29) is 0 Å². The standard InChI is InChI=1S/C15H26N4S/c1-5-16-13-10-14(18-15(17-13)20-4)19(3)12-8-6-11(2)7-9-12/h10-12H,5-9H2,1-4H3,(H,16,17,18). The first kappa shape index (κ1) is 15.4. The molecule has 0 amide bonds. The third-order valence-electron chi connectivity index (χ3n) is 4.13. The second-order valence-electron chi connectivity index (χ2n) is 5.65. The molecule has 1 fully saturated rings. The van der Waals surface area contributed by atoms with Crippen LogP contribution in [0, 0.1) is 5.92 Å². The molecule has 112 valence electrons. The van der Waals surface area contributed by atoms with E-state index in [0.717, 1.165) is 29.3 Å². The summed E-state index contributed by atoms with van der Waals surface area (Å²) in [5, 5.41) is 4.14. The number of rotatable bonds is 5. The van der Waals surface area contributed by atoms with Crippen molar-refractivity contribution in [3.63, 3.8) is 0 Å². The quantitative estimate of drug-likeness (QED) is 0.663. The summed E-state index contributed by atoms with van der Waals surface area (Å²) >= 11 is 1.60. The summed E-state index contributed by atoms with van der Waals surface area (Å²) < 4.78 is 0. The van der Waals surface area contributed by atoms with Gasteiger partial charge in [-0.3, -0.25) is 0 Å². The topological polar surface area (TPSA) is 41.0 Å². The fourth-order valence-corrected chi connectivity index (χ4v) is 3.15. The van der Waals surface area contributed by atoms with E-state index in [9.17, 15) is 0 Å². The highest BCUT2D eigenvalue weighted by Gasteiger charge is 2.23. The first-order valence-electron chi connectivity index (χ1n) is 7.53. The number of anilines is 2. The number of hydrogen-bond acceptors (Lipinski definition) is 5. The Bertz CT molecular complexity index is 430. The monoisotopic (exact) mass is 294 g/mol. The lowest BCUT2D eigenvalue weighted by atomic mass is 9.87. The predicted octanol–water partition coefficient (Wildman–Crippen LogP) is 3.65. The largest absolute Gasteiger partial charge is 0.370 e. The van der Waals surface area contributed by atoms with Crippen molar-refractivity contribution >= 4 is 23.4 Å². The molecule has 1 heterocycles. The lowest BCUT2D eigenvalue weighted by molar-refractivity contribution is 0.339. The van der Waals surface area contributed by atoms with Crippen LogP contribution >= 0.6 is 11.8 Å². The molecular formula is C15H26N4S. The van der Waals surface area contributed by atoms with Crippen molar-refractivity contribution in [1.82, 2.24) is 9.97 Å². The molecule has 1 aromatic heterocycles. The van der Waals surface area contributed by atoms with Crippen molar-refractivity contribution in [3.8, 4) is 0 Å². The molecule has 4 nitrogen and oxygen atoms in total. The van der Waals surface area contributed by atoms with E-state index in [0.29, 0.717) is 6.04 Å². The zero-order valence-corrected chi connectivity index (χ0v) is 13.8. The van der Waals surface area contributed by atoms with E-state index >= 15 is 0 Å². The Labute approximate surface area is 126 Å². The molecule has 2 rings (SSSR count). The fourth-order valence-electron chi connectivity index (χ4n) is 2.77. The van der Waals surface area contributed by atoms with Crippen LogP contribution in [0.3, 0.4) is 0 Å². The van der Waals surface area contributed by atoms with Crippen LogP contribution in [0.4, 0.5) is 11.6 Å². The van der Waals surface area contributed by atoms with Gasteiger partial charge in [-0.2, -0.15) is 0 Å². The van der Waals surface area contributed by atoms with E-state index in [1.54, 1.807) is 11.8 Å². The average Bonchev–Trinajstić information content (AvgIpc) is 2.47. The maximum Gasteiger partial charge on any atom is 0.191 e. The van der Waals surface area contributed by atoms with Gasteiger partial charge in [-0.05, 0) is 44.8 Å². The minimum atomic E-state index is 0.616. The first-order chi connectivity index (χ1) is 9.63. The predicted molar refractivity (Wildman–Crippen MR) is 87.8 cm³/mol. The highest BCUT2D eigenvalue weighted by molar-refractivity contribution is 7.98. The van der Waals surface area contributed by atoms with Crippen molar-refractivity contribution in [1.29, 1.82) is 0 Å². The van der Waals surface area contributed by atoms with Gasteiger partial charge in [0, 0.05) is 25.7 Å². The number of nitrogens with one attached hydrogen (secondary N) is 1. The first-order valence-corrected chi connectivity index (χ1v) is 8.76. The Kier molecular flexibility index (Phi) is 5.52. The van der Waals surface area contributed by atoms with Crippen molar-refractivity contribution in [3.05, 3.63) is 6.07 Å². The van der Waals surface area contributed by atoms with Crippen molar-refractivity contribution in [2.24, 2.45) is 5.92 Å². The van der Waals surface area contributed by atoms with Crippen LogP contribution in [0.5, 0.6) is 0 Å². The Balaban J connectivity index is 2.15. The average molecular weight is 294 g/mol. The Morgan fingerprint density at radius 2 is 2.00 bits per heavy atom. The van der Waals surface area contributed by atoms with Gasteiger partial charge in [0.05, 0.1) is 0 Å². The third-order valence-corrected chi connectivity index (χ3v) is 4.67. The van der Waals surface area contributed by atoms with Gasteiger partial charge in [-0.15, -0.1) is 0 Å². The van der Waals surface area contributed by atoms with E-state index in [4.69, 9.17) is 0 Å². The number of thioether (sulfide) groups is 1. The van der Waals surface area contributed by atoms with Gasteiger partial charge in [-0.25, -0.2) is 9.97 Å². The molecule has 0 aliphatic heterocycles. The van der Waals surface area contributed by atoms with Crippen LogP contribution in [-0.4, -0.2) is 35.9 Å². The van der Waals surface area contributed by atoms with Gasteiger partial charge in [-0.1, -0.05) is 18.7 Å². The molecule has 1 aliphatic rings. The summed E-state index contributed by atoms with van der Waals surface area (Å²) in [6, 6.07) is 2.69. The molecule has 0 unspecified atom stereocenters. The van der Waals surface area contributed by atoms with E-state index in [2.05, 4.69) is 47.1 Å². The van der Waals surface area contributed by atoms with Crippen LogP contribution in [-0.2, 0) is 0 Å². The van der Waals surface area contributed by atoms with Crippen molar-refractivity contribution in [2.75, 3.05) is 30.1 Å². The summed E-state index contributed by atoms with van der Waals surface area (Å²) in [5.41, 5.74) is 0. The molecule has 1 N–H and O–H groups in total. The van der Waals surface area contributed by atoms with Crippen molar-refractivity contribution < 1.29 is 0 Å². The van der Waals surface area contributed by atoms with E-state index in [1.807, 2.05) is 6.26 Å². The van der Waals surface area contributed by atoms with E-state index in [1.165, 1.54) is 25.7 Å². The molecular weight excluding hydrogens is 268 g/mol. The molecule has 20 heavy (non-hydrogen) atoms. The van der Waals surface area contributed by atoms with E-state index < -0.39 is 0 Å². The molecule has 5 heteroatoms. The van der Waals surface area contributed by atoms with Gasteiger partial charge >= 0.3 is 0 Å². The van der Waals surface area contributed by atoms with Crippen molar-refractivity contribution in [2.45, 2.75) is 50.7 Å². The Morgan fingerprint density at radius 3 is 2.60 bits per heavy atom. The minimum absolute atomic E-state index is 0.616. The SMILES string of the molecule is CCNc1cc(N(C)C2CCC(C)CC2)nc(SC)n1. The molecule has 0 radical (unpaired) electrons. The number of hydrogen-bond donors (Lipinski definition) is 1. The molecule has 1 saturated carbocycles. The zero-order chi connectivity index (χ0) is 14.5. The highest BCUT2D eigenvalue weighted by atomic mass is 32.2. The second kappa shape index (κ2) is 7.16. The second-order valence-corrected chi connectivity index (χ2v) is 6.43. The van der Waals surface area contributed by atoms with Crippen LogP contribution in [0.25, 0.3) is 0 Å². The van der Waals surface area contributed by atoms with Crippen LogP contribution in [0.2, 0.25) is 0 Å². The Hall–Kier alpha value is -0.970. The molecule has 0 bridgehead atoms. The molecule has 0 spiro atoms. The Morgan fingerprint density at radius 1 is 1.30 bits per heavy atom. The van der Waals surface area contributed by atoms with Crippen LogP contribution in [0.15, 0.2) is 11.2 Å². The van der Waals surface area contributed by atoms with Crippen LogP contribution in [0.1, 0.15) is 39.5 Å². The normalized spacial score (nSPS) is 22.6. The van der Waals surface area contributed by atoms with Gasteiger partial charge in [0.2, 0.25) is 0 Å². The third kappa shape index (κ3) is 3.78. The summed E-state index contributed by atoms with van der Waals surface area (Å²) in [6.07, 6.45) is 7.22. The fraction of sp³-hybridized carbons (Fsp3) is 0.733. The lowest BCUT2D eigenvalue weighted by Gasteiger charge is -2.34. The minimum Gasteiger partial charge on any atom is -0.370 e. The summed E-state index contributed by atoms with van der Waals surface area (Å²) in [7, 11) is 2.17. The molecule has 1 aliphatic carbocycles. The highest BCUT2D eigenvalue weighted by Crippen LogP contribution is 2.29. The lowest BCUT2D eigenvalue weighted by Crippen LogP contribution is -2.35. The molecule has 0 saturated heterocycles. The maximum atomic E-state index is 4.67. The van der Waals surface area contributed by atoms with Gasteiger partial charge in [0.15, 0.2) is 5.16 Å². The number of aromatic nitrogens is 2. The summed E-state index contributed by atoms with van der Waals surface area (Å²) in [5.74, 6) is 2.85. The summed E-state index contributed by atoms with van der Waals surface area (Å²) in [6.45, 7) is 5.33. The van der Waals surface area contributed by atoms with Crippen LogP contribution < -0.4 is 10.2 Å². The molecule has 0 aromatic carbocycles. The van der Waals surface area contributed by atoms with Gasteiger partial charge in [0.25, 0.3) is 0 Å². The number of nitrogens with zero attached hydrogens (tertiary/aromatic N) is 3. The zero-order valence-electron chi connectivity index (χ0n) is 13.0. The van der Waals surface area contributed by atoms with Gasteiger partial charge in [0.1, 0.15) is 11.6 Å². The summed E-state index contributed by atoms with van der Waals surface area (Å²) in [4.78, 5) is 11.5. The van der Waals surface area contributed by atoms with Gasteiger partial charge < -0.3 is 10.2 Å². The molecule has 0 atom stereocenters. The maximum absolute atomic E-state index is 4.67. The molecule has 1 aromatic rings. The smallest absolute Gasteiger partial charge is 0.191 e.